The third kappa shape index (κ3) is 4.21. The van der Waals surface area contributed by atoms with Crippen molar-refractivity contribution in [2.24, 2.45) is 0 Å². The van der Waals surface area contributed by atoms with Gasteiger partial charge in [0.2, 0.25) is 10.0 Å². The van der Waals surface area contributed by atoms with E-state index in [0.717, 1.165) is 36.7 Å². The fraction of sp³-hybridized carbons (Fsp3) is 0.304. The summed E-state index contributed by atoms with van der Waals surface area (Å²) in [6.07, 6.45) is 4.18. The molecule has 1 saturated heterocycles. The first kappa shape index (κ1) is 19.0. The minimum atomic E-state index is -3.52. The van der Waals surface area contributed by atoms with Gasteiger partial charge in [0, 0.05) is 30.7 Å². The summed E-state index contributed by atoms with van der Waals surface area (Å²) in [5, 5.41) is 1.69. The minimum Gasteiger partial charge on any atom is -0.372 e. The predicted molar refractivity (Wildman–Crippen MR) is 115 cm³/mol. The molecule has 0 spiro atoms. The number of rotatable bonds is 7. The van der Waals surface area contributed by atoms with Crippen LogP contribution in [0.4, 0.5) is 5.69 Å². The molecule has 1 aliphatic heterocycles. The van der Waals surface area contributed by atoms with Crippen molar-refractivity contribution in [2.45, 2.75) is 30.6 Å². The first-order valence-corrected chi connectivity index (χ1v) is 11.4. The number of hydrogen-bond donors (Lipinski definition) is 1. The van der Waals surface area contributed by atoms with E-state index in [9.17, 15) is 8.42 Å². The largest absolute Gasteiger partial charge is 0.372 e. The van der Waals surface area contributed by atoms with Crippen LogP contribution in [0.5, 0.6) is 0 Å². The quantitative estimate of drug-likeness (QED) is 0.606. The number of aryl methyl sites for hydroxylation is 1. The molecule has 28 heavy (non-hydrogen) atoms. The molecule has 0 saturated carbocycles. The predicted octanol–water partition coefficient (Wildman–Crippen LogP) is 4.35. The van der Waals surface area contributed by atoms with E-state index >= 15 is 0 Å². The molecule has 1 aliphatic rings. The van der Waals surface area contributed by atoms with Crippen molar-refractivity contribution in [3.63, 3.8) is 0 Å². The summed E-state index contributed by atoms with van der Waals surface area (Å²) in [5.41, 5.74) is 2.53. The number of nitrogens with one attached hydrogen (secondary N) is 1. The van der Waals surface area contributed by atoms with E-state index in [1.54, 1.807) is 12.1 Å². The van der Waals surface area contributed by atoms with Crippen molar-refractivity contribution in [1.82, 2.24) is 4.72 Å². The maximum atomic E-state index is 12.7. The van der Waals surface area contributed by atoms with Crippen LogP contribution in [0.1, 0.15) is 24.8 Å². The third-order valence-electron chi connectivity index (χ3n) is 5.38. The van der Waals surface area contributed by atoms with Crippen molar-refractivity contribution >= 4 is 26.5 Å². The smallest absolute Gasteiger partial charge is 0.241 e. The summed E-state index contributed by atoms with van der Waals surface area (Å²) >= 11 is 0. The second kappa shape index (κ2) is 8.33. The van der Waals surface area contributed by atoms with Gasteiger partial charge in [-0.1, -0.05) is 48.5 Å². The van der Waals surface area contributed by atoms with E-state index < -0.39 is 10.0 Å². The Morgan fingerprint density at radius 1 is 0.857 bits per heavy atom. The van der Waals surface area contributed by atoms with Gasteiger partial charge in [-0.3, -0.25) is 0 Å². The van der Waals surface area contributed by atoms with Gasteiger partial charge in [-0.05, 0) is 54.8 Å². The van der Waals surface area contributed by atoms with Crippen LogP contribution in [0.2, 0.25) is 0 Å². The zero-order valence-electron chi connectivity index (χ0n) is 16.0. The topological polar surface area (TPSA) is 49.4 Å². The molecule has 3 aromatic rings. The average Bonchev–Trinajstić information content (AvgIpc) is 3.26. The molecule has 3 aromatic carbocycles. The Bertz CT molecular complexity index is 1030. The van der Waals surface area contributed by atoms with Gasteiger partial charge in [-0.15, -0.1) is 0 Å². The van der Waals surface area contributed by atoms with Crippen LogP contribution < -0.4 is 9.62 Å². The lowest BCUT2D eigenvalue weighted by Gasteiger charge is -2.17. The maximum Gasteiger partial charge on any atom is 0.241 e. The zero-order valence-corrected chi connectivity index (χ0v) is 16.8. The van der Waals surface area contributed by atoms with E-state index in [2.05, 4.69) is 33.9 Å². The van der Waals surface area contributed by atoms with Crippen LogP contribution >= 0.6 is 0 Å². The Morgan fingerprint density at radius 2 is 1.57 bits per heavy atom. The Kier molecular flexibility index (Phi) is 5.64. The molecule has 0 bridgehead atoms. The highest BCUT2D eigenvalue weighted by Crippen LogP contribution is 2.23. The Hall–Kier alpha value is -2.37. The second-order valence-electron chi connectivity index (χ2n) is 7.34. The zero-order chi connectivity index (χ0) is 19.4. The molecule has 0 atom stereocenters. The van der Waals surface area contributed by atoms with Gasteiger partial charge in [-0.2, -0.15) is 0 Å². The molecular weight excluding hydrogens is 368 g/mol. The summed E-state index contributed by atoms with van der Waals surface area (Å²) in [5.74, 6) is 0. The molecule has 1 heterocycles. The number of hydrogen-bond acceptors (Lipinski definition) is 3. The van der Waals surface area contributed by atoms with Crippen LogP contribution in [0, 0.1) is 0 Å². The molecule has 0 amide bonds. The molecule has 0 aliphatic carbocycles. The summed E-state index contributed by atoms with van der Waals surface area (Å²) in [6.45, 7) is 2.73. The highest BCUT2D eigenvalue weighted by molar-refractivity contribution is 7.89. The van der Waals surface area contributed by atoms with E-state index in [4.69, 9.17) is 0 Å². The summed E-state index contributed by atoms with van der Waals surface area (Å²) in [4.78, 5) is 2.77. The molecule has 4 nitrogen and oxygen atoms in total. The van der Waals surface area contributed by atoms with Crippen molar-refractivity contribution in [3.05, 3.63) is 72.3 Å². The summed E-state index contributed by atoms with van der Waals surface area (Å²) in [6, 6.07) is 21.6. The van der Waals surface area contributed by atoms with E-state index in [1.807, 2.05) is 30.3 Å². The lowest BCUT2D eigenvalue weighted by Crippen LogP contribution is -2.25. The van der Waals surface area contributed by atoms with Gasteiger partial charge in [-0.25, -0.2) is 13.1 Å². The molecule has 1 fully saturated rings. The lowest BCUT2D eigenvalue weighted by atomic mass is 10.1. The van der Waals surface area contributed by atoms with Gasteiger partial charge in [0.25, 0.3) is 0 Å². The fourth-order valence-electron chi connectivity index (χ4n) is 3.86. The third-order valence-corrected chi connectivity index (χ3v) is 6.90. The molecule has 0 radical (unpaired) electrons. The number of benzene rings is 3. The van der Waals surface area contributed by atoms with Crippen molar-refractivity contribution in [1.29, 1.82) is 0 Å². The van der Waals surface area contributed by atoms with Crippen LogP contribution in [0.25, 0.3) is 10.8 Å². The van der Waals surface area contributed by atoms with Crippen LogP contribution in [0.15, 0.2) is 71.6 Å². The van der Waals surface area contributed by atoms with Gasteiger partial charge in [0.1, 0.15) is 0 Å². The summed E-state index contributed by atoms with van der Waals surface area (Å²) < 4.78 is 28.2. The normalized spacial score (nSPS) is 14.6. The Labute approximate surface area is 167 Å². The highest BCUT2D eigenvalue weighted by atomic mass is 32.2. The Morgan fingerprint density at radius 3 is 2.36 bits per heavy atom. The maximum absolute atomic E-state index is 12.7. The number of anilines is 1. The van der Waals surface area contributed by atoms with Crippen LogP contribution in [-0.4, -0.2) is 28.1 Å². The number of fused-ring (bicyclic) bond motifs is 1. The first-order chi connectivity index (χ1) is 13.6. The molecular formula is C23H26N2O2S. The highest BCUT2D eigenvalue weighted by Gasteiger charge is 2.16. The fourth-order valence-corrected chi connectivity index (χ4v) is 5.16. The average molecular weight is 395 g/mol. The second-order valence-corrected chi connectivity index (χ2v) is 9.07. The van der Waals surface area contributed by atoms with E-state index in [-0.39, 0.29) is 0 Å². The Balaban J connectivity index is 1.34. The van der Waals surface area contributed by atoms with E-state index in [0.29, 0.717) is 11.4 Å². The number of sulfonamides is 1. The number of nitrogens with zero attached hydrogens (tertiary/aromatic N) is 1. The molecule has 4 rings (SSSR count). The van der Waals surface area contributed by atoms with E-state index in [1.165, 1.54) is 24.1 Å². The standard InChI is InChI=1S/C23H26N2O2S/c26-28(27,23-11-5-9-20-8-1-2-10-22(20)23)24-16-6-7-19-12-14-21(15-13-19)25-17-3-4-18-25/h1-2,5,8-15,24H,3-4,6-7,16-18H2. The SMILES string of the molecule is O=S(=O)(NCCCc1ccc(N2CCCC2)cc1)c1cccc2ccccc12. The summed E-state index contributed by atoms with van der Waals surface area (Å²) in [7, 11) is -3.52. The van der Waals surface area contributed by atoms with Crippen LogP contribution in [-0.2, 0) is 16.4 Å². The van der Waals surface area contributed by atoms with Gasteiger partial charge in [0.05, 0.1) is 4.90 Å². The lowest BCUT2D eigenvalue weighted by molar-refractivity contribution is 0.580. The molecule has 5 heteroatoms. The van der Waals surface area contributed by atoms with Gasteiger partial charge >= 0.3 is 0 Å². The molecule has 0 unspecified atom stereocenters. The molecule has 0 aromatic heterocycles. The van der Waals surface area contributed by atoms with Crippen molar-refractivity contribution in [2.75, 3.05) is 24.5 Å². The molecule has 146 valence electrons. The minimum absolute atomic E-state index is 0.348. The van der Waals surface area contributed by atoms with Crippen LogP contribution in [0.3, 0.4) is 0 Å². The first-order valence-electron chi connectivity index (χ1n) is 9.95. The molecule has 1 N–H and O–H groups in total. The monoisotopic (exact) mass is 394 g/mol. The van der Waals surface area contributed by atoms with Crippen molar-refractivity contribution in [3.8, 4) is 0 Å². The van der Waals surface area contributed by atoms with Gasteiger partial charge in [0.15, 0.2) is 0 Å². The van der Waals surface area contributed by atoms with Gasteiger partial charge < -0.3 is 4.90 Å². The van der Waals surface area contributed by atoms with Crippen molar-refractivity contribution < 1.29 is 8.42 Å².